The molecule has 69 valence electrons. The van der Waals surface area contributed by atoms with Gasteiger partial charge in [0.2, 0.25) is 0 Å². The predicted octanol–water partition coefficient (Wildman–Crippen LogP) is 1.32. The van der Waals surface area contributed by atoms with Gasteiger partial charge in [0.1, 0.15) is 0 Å². The topological polar surface area (TPSA) is 35.5 Å². The molecule has 0 aromatic carbocycles. The first-order chi connectivity index (χ1) is 5.77. The van der Waals surface area contributed by atoms with E-state index in [9.17, 15) is 4.79 Å². The van der Waals surface area contributed by atoms with Crippen LogP contribution in [0.3, 0.4) is 0 Å². The Kier molecular flexibility index (Phi) is 3.53. The monoisotopic (exact) mass is 171 g/mol. The van der Waals surface area contributed by atoms with Crippen molar-refractivity contribution in [2.24, 2.45) is 0 Å². The second-order valence-corrected chi connectivity index (χ2v) is 3.03. The summed E-state index contributed by atoms with van der Waals surface area (Å²) in [5.74, 6) is 0.760. The van der Waals surface area contributed by atoms with E-state index in [0.29, 0.717) is 6.10 Å². The summed E-state index contributed by atoms with van der Waals surface area (Å²) in [6.07, 6.45) is 3.87. The zero-order valence-corrected chi connectivity index (χ0v) is 7.63. The van der Waals surface area contributed by atoms with E-state index >= 15 is 0 Å². The third-order valence-corrected chi connectivity index (χ3v) is 2.34. The van der Waals surface area contributed by atoms with Crippen LogP contribution in [0.4, 0.5) is 0 Å². The quantitative estimate of drug-likeness (QED) is 0.588. The number of carbonyl (C=O) groups is 1. The molecule has 0 amide bonds. The van der Waals surface area contributed by atoms with Gasteiger partial charge in [0.15, 0.2) is 0 Å². The van der Waals surface area contributed by atoms with E-state index in [4.69, 9.17) is 4.74 Å². The van der Waals surface area contributed by atoms with Crippen molar-refractivity contribution >= 4 is 5.97 Å². The van der Waals surface area contributed by atoms with Gasteiger partial charge in [-0.05, 0) is 25.7 Å². The van der Waals surface area contributed by atoms with Crippen molar-refractivity contribution in [2.75, 3.05) is 14.2 Å². The fraction of sp³-hybridized carbons (Fsp3) is 0.778. The van der Waals surface area contributed by atoms with E-state index in [1.807, 2.05) is 0 Å². The summed E-state index contributed by atoms with van der Waals surface area (Å²) in [5.41, 5.74) is 0. The Morgan fingerprint density at radius 3 is 2.33 bits per heavy atom. The summed E-state index contributed by atoms with van der Waals surface area (Å²) >= 11 is 0. The van der Waals surface area contributed by atoms with Crippen LogP contribution in [0.2, 0.25) is 0 Å². The van der Waals surface area contributed by atoms with Gasteiger partial charge in [0.05, 0.1) is 19.1 Å². The first-order valence-corrected chi connectivity index (χ1v) is 4.23. The fourth-order valence-electron chi connectivity index (χ4n) is 1.52. The maximum absolute atomic E-state index is 11.1. The second-order valence-electron chi connectivity index (χ2n) is 3.03. The second kappa shape index (κ2) is 4.45. The molecule has 0 unspecified atom stereocenters. The Balaban J connectivity index is 2.30. The molecule has 12 heavy (non-hydrogen) atoms. The molecule has 0 bridgehead atoms. The summed E-state index contributed by atoms with van der Waals surface area (Å²) in [6.45, 7) is 0. The van der Waals surface area contributed by atoms with Gasteiger partial charge in [-0.1, -0.05) is 0 Å². The van der Waals surface area contributed by atoms with E-state index in [-0.39, 0.29) is 5.97 Å². The van der Waals surface area contributed by atoms with Crippen molar-refractivity contribution in [3.8, 4) is 0 Å². The molecular formula is C9H15O3. The van der Waals surface area contributed by atoms with Crippen LogP contribution in [0, 0.1) is 5.92 Å². The molecule has 0 atom stereocenters. The van der Waals surface area contributed by atoms with Crippen molar-refractivity contribution < 1.29 is 14.3 Å². The number of hydrogen-bond acceptors (Lipinski definition) is 3. The average molecular weight is 171 g/mol. The largest absolute Gasteiger partial charge is 0.469 e. The van der Waals surface area contributed by atoms with Crippen LogP contribution in [0.15, 0.2) is 0 Å². The Morgan fingerprint density at radius 1 is 1.33 bits per heavy atom. The van der Waals surface area contributed by atoms with Gasteiger partial charge >= 0.3 is 5.97 Å². The number of methoxy groups -OCH3 is 2. The number of esters is 1. The fourth-order valence-corrected chi connectivity index (χ4v) is 1.52. The normalized spacial score (nSPS) is 20.8. The minimum absolute atomic E-state index is 0.149. The van der Waals surface area contributed by atoms with Crippen LogP contribution < -0.4 is 0 Å². The standard InChI is InChI=1S/C9H15O3/c1-11-8-5-3-7(4-6-8)9(10)12-2/h8H,3-6H2,1-2H3. The zero-order valence-electron chi connectivity index (χ0n) is 7.63. The molecule has 0 N–H and O–H groups in total. The molecule has 0 spiro atoms. The average Bonchev–Trinajstić information content (AvgIpc) is 2.17. The lowest BCUT2D eigenvalue weighted by Crippen LogP contribution is -2.24. The molecule has 1 rings (SSSR count). The molecule has 0 saturated heterocycles. The van der Waals surface area contributed by atoms with Crippen LogP contribution in [0.5, 0.6) is 0 Å². The van der Waals surface area contributed by atoms with Crippen molar-refractivity contribution in [1.29, 1.82) is 0 Å². The van der Waals surface area contributed by atoms with Crippen LogP contribution in [0.1, 0.15) is 25.7 Å². The van der Waals surface area contributed by atoms with E-state index in [1.165, 1.54) is 7.11 Å². The van der Waals surface area contributed by atoms with Gasteiger partial charge in [-0.2, -0.15) is 0 Å². The molecule has 1 aliphatic rings. The maximum atomic E-state index is 11.1. The number of ether oxygens (including phenoxy) is 2. The Morgan fingerprint density at radius 2 is 1.92 bits per heavy atom. The van der Waals surface area contributed by atoms with Crippen LogP contribution in [-0.4, -0.2) is 26.3 Å². The summed E-state index contributed by atoms with van der Waals surface area (Å²) in [5, 5.41) is 0. The number of carbonyl (C=O) groups excluding carboxylic acids is 1. The van der Waals surface area contributed by atoms with Gasteiger partial charge < -0.3 is 9.47 Å². The van der Waals surface area contributed by atoms with E-state index in [2.05, 4.69) is 4.74 Å². The molecule has 0 aromatic rings. The van der Waals surface area contributed by atoms with Crippen LogP contribution >= 0.6 is 0 Å². The van der Waals surface area contributed by atoms with E-state index < -0.39 is 0 Å². The van der Waals surface area contributed by atoms with Crippen molar-refractivity contribution in [2.45, 2.75) is 31.8 Å². The highest BCUT2D eigenvalue weighted by Gasteiger charge is 2.27. The molecule has 0 aliphatic heterocycles. The molecule has 3 heteroatoms. The predicted molar refractivity (Wildman–Crippen MR) is 44.5 cm³/mol. The van der Waals surface area contributed by atoms with Crippen molar-refractivity contribution in [1.82, 2.24) is 0 Å². The molecule has 0 aromatic heterocycles. The first kappa shape index (κ1) is 9.52. The smallest absolute Gasteiger partial charge is 0.312 e. The molecule has 1 saturated carbocycles. The molecule has 3 nitrogen and oxygen atoms in total. The summed E-state index contributed by atoms with van der Waals surface area (Å²) < 4.78 is 9.83. The van der Waals surface area contributed by atoms with Gasteiger partial charge in [-0.15, -0.1) is 0 Å². The lowest BCUT2D eigenvalue weighted by atomic mass is 9.87. The Bertz CT molecular complexity index is 148. The molecule has 1 fully saturated rings. The molecular weight excluding hydrogens is 156 g/mol. The van der Waals surface area contributed by atoms with E-state index in [0.717, 1.165) is 31.6 Å². The van der Waals surface area contributed by atoms with Gasteiger partial charge in [0, 0.05) is 7.11 Å². The number of hydrogen-bond donors (Lipinski definition) is 0. The lowest BCUT2D eigenvalue weighted by molar-refractivity contribution is -0.139. The SMILES string of the molecule is COC(=O)[C]1CCC(OC)CC1. The van der Waals surface area contributed by atoms with Crippen molar-refractivity contribution in [3.05, 3.63) is 5.92 Å². The Labute approximate surface area is 73.0 Å². The van der Waals surface area contributed by atoms with Crippen LogP contribution in [0.25, 0.3) is 0 Å². The highest BCUT2D eigenvalue weighted by molar-refractivity contribution is 5.84. The summed E-state index contributed by atoms with van der Waals surface area (Å²) in [6, 6.07) is 0. The number of rotatable bonds is 2. The van der Waals surface area contributed by atoms with Gasteiger partial charge in [0.25, 0.3) is 0 Å². The van der Waals surface area contributed by atoms with Crippen molar-refractivity contribution in [3.63, 3.8) is 0 Å². The maximum Gasteiger partial charge on any atom is 0.312 e. The highest BCUT2D eigenvalue weighted by atomic mass is 16.5. The molecule has 1 radical (unpaired) electrons. The third-order valence-electron chi connectivity index (χ3n) is 2.34. The summed E-state index contributed by atoms with van der Waals surface area (Å²) in [4.78, 5) is 11.1. The third kappa shape index (κ3) is 2.21. The zero-order chi connectivity index (χ0) is 8.97. The minimum atomic E-state index is -0.149. The molecule has 0 heterocycles. The van der Waals surface area contributed by atoms with Gasteiger partial charge in [-0.3, -0.25) is 4.79 Å². The van der Waals surface area contributed by atoms with Crippen LogP contribution in [-0.2, 0) is 14.3 Å². The summed E-state index contributed by atoms with van der Waals surface area (Å²) in [7, 11) is 3.14. The highest BCUT2D eigenvalue weighted by Crippen LogP contribution is 2.28. The van der Waals surface area contributed by atoms with E-state index in [1.54, 1.807) is 7.11 Å². The van der Waals surface area contributed by atoms with Gasteiger partial charge in [-0.25, -0.2) is 0 Å². The first-order valence-electron chi connectivity index (χ1n) is 4.23. The molecule has 1 aliphatic carbocycles. The minimum Gasteiger partial charge on any atom is -0.469 e. The Hall–Kier alpha value is -0.570. The lowest BCUT2D eigenvalue weighted by Gasteiger charge is -2.24.